The Morgan fingerprint density at radius 1 is 0.971 bits per heavy atom. The number of halogens is 4. The van der Waals surface area contributed by atoms with Crippen molar-refractivity contribution in [2.24, 2.45) is 0 Å². The monoisotopic (exact) mass is 538 g/mol. The number of aromatic nitrogens is 1. The Hall–Kier alpha value is -3.28. The lowest BCUT2D eigenvalue weighted by molar-refractivity contribution is -0.137. The van der Waals surface area contributed by atoms with E-state index in [1.807, 2.05) is 12.1 Å². The Bertz CT molecular complexity index is 1340. The zero-order chi connectivity index (χ0) is 24.3. The molecular formula is C23H18ClF3N4O2S2. The number of fused-ring (bicyclic) bond motifs is 1. The molecule has 0 bridgehead atoms. The predicted molar refractivity (Wildman–Crippen MR) is 136 cm³/mol. The molecule has 1 heterocycles. The molecule has 4 N–H and O–H groups in total. The number of thiazole rings is 1. The number of rotatable bonds is 6. The van der Waals surface area contributed by atoms with Crippen molar-refractivity contribution < 1.29 is 22.8 Å². The van der Waals surface area contributed by atoms with Crippen LogP contribution in [0, 0.1) is 0 Å². The van der Waals surface area contributed by atoms with E-state index in [4.69, 9.17) is 5.73 Å². The van der Waals surface area contributed by atoms with Gasteiger partial charge in [0.15, 0.2) is 5.13 Å². The highest BCUT2D eigenvalue weighted by Crippen LogP contribution is 2.31. The SMILES string of the molecule is Cl.Nc1ccc(SCC(=O)Nc2ccc3nc(NC(=O)c4ccc(C(F)(F)F)cc4)sc3c2)cc1. The summed E-state index contributed by atoms with van der Waals surface area (Å²) in [4.78, 5) is 29.9. The number of benzene rings is 3. The molecule has 0 aliphatic carbocycles. The molecular weight excluding hydrogens is 521 g/mol. The fraction of sp³-hybridized carbons (Fsp3) is 0.0870. The van der Waals surface area contributed by atoms with Gasteiger partial charge in [-0.2, -0.15) is 13.2 Å². The molecule has 0 aliphatic heterocycles. The van der Waals surface area contributed by atoms with Gasteiger partial charge in [-0.05, 0) is 66.7 Å². The van der Waals surface area contributed by atoms with E-state index < -0.39 is 17.6 Å². The molecule has 0 aliphatic rings. The summed E-state index contributed by atoms with van der Waals surface area (Å²) < 4.78 is 38.8. The second-order valence-electron chi connectivity index (χ2n) is 7.14. The van der Waals surface area contributed by atoms with Crippen LogP contribution in [0.15, 0.2) is 71.6 Å². The average Bonchev–Trinajstić information content (AvgIpc) is 3.19. The fourth-order valence-electron chi connectivity index (χ4n) is 2.95. The van der Waals surface area contributed by atoms with Gasteiger partial charge in [0, 0.05) is 21.8 Å². The minimum Gasteiger partial charge on any atom is -0.399 e. The normalized spacial score (nSPS) is 11.1. The molecule has 2 amide bonds. The van der Waals surface area contributed by atoms with E-state index in [0.717, 1.165) is 33.9 Å². The standard InChI is InChI=1S/C23H17F3N4O2S2.ClH/c24-23(25,26)14-3-1-13(2-4-14)21(32)30-22-29-18-10-7-16(11-19(18)34-22)28-20(31)12-33-17-8-5-15(27)6-9-17;/h1-11H,12,27H2,(H,28,31)(H,29,30,32);1H. The lowest BCUT2D eigenvalue weighted by Crippen LogP contribution is -2.13. The molecule has 1 aromatic heterocycles. The molecule has 6 nitrogen and oxygen atoms in total. The first-order chi connectivity index (χ1) is 16.2. The summed E-state index contributed by atoms with van der Waals surface area (Å²) in [7, 11) is 0. The van der Waals surface area contributed by atoms with Crippen LogP contribution in [0.5, 0.6) is 0 Å². The molecule has 182 valence electrons. The van der Waals surface area contributed by atoms with Crippen molar-refractivity contribution in [3.8, 4) is 0 Å². The van der Waals surface area contributed by atoms with E-state index >= 15 is 0 Å². The minimum absolute atomic E-state index is 0. The van der Waals surface area contributed by atoms with Crippen LogP contribution in [0.4, 0.5) is 29.7 Å². The number of nitrogen functional groups attached to an aromatic ring is 1. The number of nitrogens with two attached hydrogens (primary N) is 1. The van der Waals surface area contributed by atoms with Gasteiger partial charge in [-0.1, -0.05) is 11.3 Å². The summed E-state index contributed by atoms with van der Waals surface area (Å²) in [5.74, 6) is -0.526. The second kappa shape index (κ2) is 11.0. The van der Waals surface area contributed by atoms with Crippen molar-refractivity contribution in [3.63, 3.8) is 0 Å². The fourth-order valence-corrected chi connectivity index (χ4v) is 4.54. The highest BCUT2D eigenvalue weighted by Gasteiger charge is 2.30. The minimum atomic E-state index is -4.47. The third-order valence-corrected chi connectivity index (χ3v) is 6.56. The quantitative estimate of drug-likeness (QED) is 0.198. The Balaban J connectivity index is 0.00000342. The highest BCUT2D eigenvalue weighted by molar-refractivity contribution is 8.00. The Morgan fingerprint density at radius 3 is 2.31 bits per heavy atom. The van der Waals surface area contributed by atoms with E-state index in [1.54, 1.807) is 30.3 Å². The van der Waals surface area contributed by atoms with Crippen LogP contribution in [0.2, 0.25) is 0 Å². The molecule has 4 rings (SSSR count). The molecule has 35 heavy (non-hydrogen) atoms. The van der Waals surface area contributed by atoms with E-state index in [0.29, 0.717) is 22.0 Å². The number of alkyl halides is 3. The number of nitrogens with one attached hydrogen (secondary N) is 2. The summed E-state index contributed by atoms with van der Waals surface area (Å²) in [6.07, 6.45) is -4.47. The van der Waals surface area contributed by atoms with Gasteiger partial charge in [-0.25, -0.2) is 4.98 Å². The van der Waals surface area contributed by atoms with E-state index in [2.05, 4.69) is 15.6 Å². The summed E-state index contributed by atoms with van der Waals surface area (Å²) in [6, 6.07) is 16.3. The van der Waals surface area contributed by atoms with Crippen LogP contribution in [-0.4, -0.2) is 22.6 Å². The van der Waals surface area contributed by atoms with Crippen LogP contribution in [0.3, 0.4) is 0 Å². The number of hydrogen-bond acceptors (Lipinski definition) is 6. The molecule has 0 saturated carbocycles. The first-order valence-electron chi connectivity index (χ1n) is 9.85. The van der Waals surface area contributed by atoms with Crippen LogP contribution in [0.1, 0.15) is 15.9 Å². The second-order valence-corrected chi connectivity index (χ2v) is 9.22. The number of hydrogen-bond donors (Lipinski definition) is 3. The molecule has 0 spiro atoms. The van der Waals surface area contributed by atoms with Crippen LogP contribution in [-0.2, 0) is 11.0 Å². The molecule has 0 saturated heterocycles. The smallest absolute Gasteiger partial charge is 0.399 e. The first kappa shape index (κ1) is 26.3. The van der Waals surface area contributed by atoms with Gasteiger partial charge in [0.25, 0.3) is 5.91 Å². The molecule has 3 aromatic carbocycles. The van der Waals surface area contributed by atoms with Crippen LogP contribution in [0.25, 0.3) is 10.2 Å². The number of carbonyl (C=O) groups is 2. The average molecular weight is 539 g/mol. The molecule has 12 heteroatoms. The maximum Gasteiger partial charge on any atom is 0.416 e. The number of thioether (sulfide) groups is 1. The lowest BCUT2D eigenvalue weighted by Gasteiger charge is -2.07. The van der Waals surface area contributed by atoms with Gasteiger partial charge in [0.1, 0.15) is 0 Å². The maximum atomic E-state index is 12.7. The molecule has 0 fully saturated rings. The van der Waals surface area contributed by atoms with Crippen molar-refractivity contribution in [2.75, 3.05) is 22.1 Å². The summed E-state index contributed by atoms with van der Waals surface area (Å²) in [5, 5.41) is 5.71. The van der Waals surface area contributed by atoms with Gasteiger partial charge in [0.05, 0.1) is 21.5 Å². The molecule has 4 aromatic rings. The largest absolute Gasteiger partial charge is 0.416 e. The zero-order valence-electron chi connectivity index (χ0n) is 17.8. The van der Waals surface area contributed by atoms with E-state index in [9.17, 15) is 22.8 Å². The van der Waals surface area contributed by atoms with Crippen LogP contribution < -0.4 is 16.4 Å². The lowest BCUT2D eigenvalue weighted by atomic mass is 10.1. The third-order valence-electron chi connectivity index (χ3n) is 4.62. The molecule has 0 unspecified atom stereocenters. The predicted octanol–water partition coefficient (Wildman–Crippen LogP) is 6.30. The Labute approximate surface area is 212 Å². The first-order valence-corrected chi connectivity index (χ1v) is 11.6. The van der Waals surface area contributed by atoms with Crippen molar-refractivity contribution in [1.29, 1.82) is 0 Å². The van der Waals surface area contributed by atoms with E-state index in [1.165, 1.54) is 23.1 Å². The van der Waals surface area contributed by atoms with Gasteiger partial charge >= 0.3 is 6.18 Å². The summed E-state index contributed by atoms with van der Waals surface area (Å²) in [6.45, 7) is 0. The molecule has 0 atom stereocenters. The number of anilines is 3. The number of nitrogens with zero attached hydrogens (tertiary/aromatic N) is 1. The topological polar surface area (TPSA) is 97.1 Å². The highest BCUT2D eigenvalue weighted by atomic mass is 35.5. The van der Waals surface area contributed by atoms with Gasteiger partial charge in [-0.15, -0.1) is 24.2 Å². The third kappa shape index (κ3) is 6.87. The molecule has 0 radical (unpaired) electrons. The Kier molecular flexibility index (Phi) is 8.26. The number of carbonyl (C=O) groups excluding carboxylic acids is 2. The zero-order valence-corrected chi connectivity index (χ0v) is 20.2. The van der Waals surface area contributed by atoms with Crippen molar-refractivity contribution in [1.82, 2.24) is 4.98 Å². The van der Waals surface area contributed by atoms with Crippen LogP contribution >= 0.6 is 35.5 Å². The van der Waals surface area contributed by atoms with Crippen molar-refractivity contribution in [3.05, 3.63) is 77.9 Å². The summed E-state index contributed by atoms with van der Waals surface area (Å²) in [5.41, 5.74) is 6.76. The van der Waals surface area contributed by atoms with E-state index in [-0.39, 0.29) is 29.6 Å². The van der Waals surface area contributed by atoms with Gasteiger partial charge < -0.3 is 11.1 Å². The van der Waals surface area contributed by atoms with Crippen molar-refractivity contribution in [2.45, 2.75) is 11.1 Å². The number of amides is 2. The summed E-state index contributed by atoms with van der Waals surface area (Å²) >= 11 is 2.57. The Morgan fingerprint density at radius 2 is 1.66 bits per heavy atom. The van der Waals surface area contributed by atoms with Gasteiger partial charge in [-0.3, -0.25) is 14.9 Å². The van der Waals surface area contributed by atoms with Gasteiger partial charge in [0.2, 0.25) is 5.91 Å². The van der Waals surface area contributed by atoms with Crippen molar-refractivity contribution >= 4 is 74.0 Å². The maximum absolute atomic E-state index is 12.7.